The monoisotopic (exact) mass is 353 g/mol. The van der Waals surface area contributed by atoms with E-state index in [2.05, 4.69) is 17.0 Å². The molecule has 1 aromatic heterocycles. The smallest absolute Gasteiger partial charge is 0.274 e. The van der Waals surface area contributed by atoms with E-state index in [4.69, 9.17) is 10.7 Å². The Morgan fingerprint density at radius 1 is 1.20 bits per heavy atom. The van der Waals surface area contributed by atoms with Crippen molar-refractivity contribution in [2.24, 2.45) is 11.7 Å². The lowest BCUT2D eigenvalue weighted by molar-refractivity contribution is 0.0597. The van der Waals surface area contributed by atoms with Crippen LogP contribution < -0.4 is 5.73 Å². The van der Waals surface area contributed by atoms with Gasteiger partial charge in [0.15, 0.2) is 0 Å². The van der Waals surface area contributed by atoms with Gasteiger partial charge in [0.25, 0.3) is 5.91 Å². The molecule has 5 heteroatoms. The first-order valence-electron chi connectivity index (χ1n) is 9.35. The molecule has 2 heterocycles. The number of thiazole rings is 1. The summed E-state index contributed by atoms with van der Waals surface area (Å²) in [5, 5.41) is 1.14. The van der Waals surface area contributed by atoms with Crippen molar-refractivity contribution in [3.8, 4) is 10.4 Å². The molecule has 1 amide bonds. The number of amides is 1. The molecule has 1 saturated heterocycles. The summed E-state index contributed by atoms with van der Waals surface area (Å²) in [5.41, 5.74) is 7.78. The van der Waals surface area contributed by atoms with Crippen LogP contribution in [0.5, 0.6) is 0 Å². The Balaban J connectivity index is 1.55. The molecule has 2 aromatic rings. The Morgan fingerprint density at radius 2 is 2.00 bits per heavy atom. The maximum absolute atomic E-state index is 13.5. The van der Waals surface area contributed by atoms with Crippen molar-refractivity contribution in [1.29, 1.82) is 0 Å². The van der Waals surface area contributed by atoms with Crippen LogP contribution in [0.25, 0.3) is 10.4 Å². The van der Waals surface area contributed by atoms with E-state index in [0.717, 1.165) is 28.3 Å². The van der Waals surface area contributed by atoms with Crippen LogP contribution in [-0.4, -0.2) is 34.4 Å². The van der Waals surface area contributed by atoms with Crippen LogP contribution >= 0.6 is 11.3 Å². The molecule has 25 heavy (non-hydrogen) atoms. The number of nitrogens with two attached hydrogens (primary N) is 1. The van der Waals surface area contributed by atoms with E-state index in [9.17, 15) is 4.79 Å². The normalized spacial score (nSPS) is 27.9. The maximum Gasteiger partial charge on any atom is 0.274 e. The second-order valence-corrected chi connectivity index (χ2v) is 8.64. The minimum atomic E-state index is 0.102. The first-order chi connectivity index (χ1) is 12.3. The van der Waals surface area contributed by atoms with Crippen LogP contribution in [0.1, 0.15) is 53.5 Å². The van der Waals surface area contributed by atoms with Crippen molar-refractivity contribution in [2.45, 2.75) is 50.1 Å². The highest BCUT2D eigenvalue weighted by atomic mass is 32.1. The number of hydrogen-bond acceptors (Lipinski definition) is 4. The molecule has 1 aromatic carbocycles. The summed E-state index contributed by atoms with van der Waals surface area (Å²) < 4.78 is 0. The molecule has 130 valence electrons. The highest BCUT2D eigenvalue weighted by molar-refractivity contribution is 7.15. The molecule has 1 aliphatic heterocycles. The lowest BCUT2D eigenvalue weighted by Crippen LogP contribution is -2.48. The SMILES string of the molecule is NC[C@@H]1[C@H]2CC[C@H](C2)N1C(=O)c1nc(C2CC2)sc1-c1ccccc1. The number of carbonyl (C=O) groups excluding carboxylic acids is 1. The molecule has 2 aliphatic carbocycles. The van der Waals surface area contributed by atoms with E-state index < -0.39 is 0 Å². The second-order valence-electron chi connectivity index (χ2n) is 7.61. The molecule has 0 unspecified atom stereocenters. The molecule has 5 rings (SSSR count). The van der Waals surface area contributed by atoms with Gasteiger partial charge in [0.2, 0.25) is 0 Å². The van der Waals surface area contributed by atoms with Crippen molar-refractivity contribution >= 4 is 17.2 Å². The van der Waals surface area contributed by atoms with Crippen molar-refractivity contribution < 1.29 is 4.79 Å². The van der Waals surface area contributed by atoms with Gasteiger partial charge < -0.3 is 10.6 Å². The summed E-state index contributed by atoms with van der Waals surface area (Å²) >= 11 is 1.71. The summed E-state index contributed by atoms with van der Waals surface area (Å²) in [6.45, 7) is 0.563. The Kier molecular flexibility index (Phi) is 3.68. The van der Waals surface area contributed by atoms with Crippen LogP contribution in [0, 0.1) is 5.92 Å². The molecule has 3 aliphatic rings. The fraction of sp³-hybridized carbons (Fsp3) is 0.500. The Labute approximate surface area is 152 Å². The Hall–Kier alpha value is -1.72. The molecule has 0 radical (unpaired) electrons. The molecule has 2 N–H and O–H groups in total. The zero-order valence-electron chi connectivity index (χ0n) is 14.2. The van der Waals surface area contributed by atoms with Gasteiger partial charge in [-0.1, -0.05) is 30.3 Å². The predicted octanol–water partition coefficient (Wildman–Crippen LogP) is 3.64. The number of benzene rings is 1. The van der Waals surface area contributed by atoms with E-state index in [1.807, 2.05) is 18.2 Å². The maximum atomic E-state index is 13.5. The Morgan fingerprint density at radius 3 is 2.72 bits per heavy atom. The summed E-state index contributed by atoms with van der Waals surface area (Å²) in [4.78, 5) is 21.4. The Bertz CT molecular complexity index is 799. The quantitative estimate of drug-likeness (QED) is 0.913. The first-order valence-corrected chi connectivity index (χ1v) is 10.2. The number of aromatic nitrogens is 1. The van der Waals surface area contributed by atoms with E-state index in [-0.39, 0.29) is 11.9 Å². The zero-order valence-corrected chi connectivity index (χ0v) is 15.0. The van der Waals surface area contributed by atoms with Gasteiger partial charge in [0, 0.05) is 24.5 Å². The standard InChI is InChI=1S/C20H23N3OS/c21-11-16-14-8-9-15(10-14)23(16)20(24)17-18(12-4-2-1-3-5-12)25-19(22-17)13-6-7-13/h1-5,13-16H,6-11,21H2/t14-,15+,16+/m0/s1. The zero-order chi connectivity index (χ0) is 17.0. The topological polar surface area (TPSA) is 59.2 Å². The van der Waals surface area contributed by atoms with Gasteiger partial charge in [-0.3, -0.25) is 4.79 Å². The van der Waals surface area contributed by atoms with Gasteiger partial charge in [0.1, 0.15) is 5.69 Å². The highest BCUT2D eigenvalue weighted by Gasteiger charge is 2.48. The number of rotatable bonds is 4. The van der Waals surface area contributed by atoms with Gasteiger partial charge in [-0.25, -0.2) is 4.98 Å². The van der Waals surface area contributed by atoms with Gasteiger partial charge in [-0.15, -0.1) is 11.3 Å². The van der Waals surface area contributed by atoms with Crippen molar-refractivity contribution in [1.82, 2.24) is 9.88 Å². The van der Waals surface area contributed by atoms with Gasteiger partial charge in [-0.05, 0) is 43.6 Å². The highest BCUT2D eigenvalue weighted by Crippen LogP contribution is 2.47. The first kappa shape index (κ1) is 15.5. The number of likely N-dealkylation sites (tertiary alicyclic amines) is 1. The number of fused-ring (bicyclic) bond motifs is 2. The van der Waals surface area contributed by atoms with E-state index in [1.165, 1.54) is 19.3 Å². The van der Waals surface area contributed by atoms with Crippen LogP contribution in [-0.2, 0) is 0 Å². The van der Waals surface area contributed by atoms with Gasteiger partial charge >= 0.3 is 0 Å². The molecule has 3 fully saturated rings. The molecule has 2 saturated carbocycles. The van der Waals surface area contributed by atoms with Crippen LogP contribution in [0.3, 0.4) is 0 Å². The van der Waals surface area contributed by atoms with Crippen LogP contribution in [0.2, 0.25) is 0 Å². The number of hydrogen-bond donors (Lipinski definition) is 1. The van der Waals surface area contributed by atoms with E-state index >= 15 is 0 Å². The third-order valence-electron chi connectivity index (χ3n) is 6.03. The van der Waals surface area contributed by atoms with Gasteiger partial charge in [0.05, 0.1) is 9.88 Å². The summed E-state index contributed by atoms with van der Waals surface area (Å²) in [5.74, 6) is 1.25. The van der Waals surface area contributed by atoms with Crippen LogP contribution in [0.4, 0.5) is 0 Å². The molecule has 4 nitrogen and oxygen atoms in total. The van der Waals surface area contributed by atoms with Crippen molar-refractivity contribution in [3.05, 3.63) is 41.0 Å². The second kappa shape index (κ2) is 5.92. The lowest BCUT2D eigenvalue weighted by atomic mass is 9.98. The van der Waals surface area contributed by atoms with Crippen molar-refractivity contribution in [2.75, 3.05) is 6.54 Å². The minimum absolute atomic E-state index is 0.102. The van der Waals surface area contributed by atoms with Crippen molar-refractivity contribution in [3.63, 3.8) is 0 Å². The molecule has 3 atom stereocenters. The summed E-state index contributed by atoms with van der Waals surface area (Å²) in [7, 11) is 0. The number of carbonyl (C=O) groups is 1. The average Bonchev–Trinajstić information content (AvgIpc) is 3.10. The fourth-order valence-corrected chi connectivity index (χ4v) is 5.84. The van der Waals surface area contributed by atoms with Gasteiger partial charge in [-0.2, -0.15) is 0 Å². The third-order valence-corrected chi connectivity index (χ3v) is 7.29. The lowest BCUT2D eigenvalue weighted by Gasteiger charge is -2.34. The number of nitrogens with zero attached hydrogens (tertiary/aromatic N) is 2. The molecular formula is C20H23N3OS. The number of piperidine rings is 1. The molecule has 0 spiro atoms. The van der Waals surface area contributed by atoms with E-state index in [1.54, 1.807) is 11.3 Å². The average molecular weight is 353 g/mol. The third kappa shape index (κ3) is 2.52. The van der Waals surface area contributed by atoms with E-state index in [0.29, 0.717) is 30.1 Å². The molecular weight excluding hydrogens is 330 g/mol. The summed E-state index contributed by atoms with van der Waals surface area (Å²) in [6, 6.07) is 10.8. The predicted molar refractivity (Wildman–Crippen MR) is 99.7 cm³/mol. The minimum Gasteiger partial charge on any atom is -0.330 e. The fourth-order valence-electron chi connectivity index (χ4n) is 4.61. The molecule has 2 bridgehead atoms. The largest absolute Gasteiger partial charge is 0.330 e. The summed E-state index contributed by atoms with van der Waals surface area (Å²) in [6.07, 6.45) is 5.86. The van der Waals surface area contributed by atoms with Crippen LogP contribution in [0.15, 0.2) is 30.3 Å².